The first-order chi connectivity index (χ1) is 22.5. The fraction of sp³-hybridized carbons (Fsp3) is 0.353. The maximum atomic E-state index is 14.1. The van der Waals surface area contributed by atoms with Gasteiger partial charge in [-0.1, -0.05) is 38.1 Å². The summed E-state index contributed by atoms with van der Waals surface area (Å²) in [5, 5.41) is 10.1. The molecule has 4 N–H and O–H groups in total. The highest BCUT2D eigenvalue weighted by molar-refractivity contribution is 7.92. The van der Waals surface area contributed by atoms with Gasteiger partial charge in [-0.15, -0.1) is 12.4 Å². The second-order valence-electron chi connectivity index (χ2n) is 11.0. The van der Waals surface area contributed by atoms with Gasteiger partial charge in [0.05, 0.1) is 28.2 Å². The van der Waals surface area contributed by atoms with Crippen LogP contribution in [0.4, 0.5) is 5.69 Å². The lowest BCUT2D eigenvalue weighted by atomic mass is 10.1. The summed E-state index contributed by atoms with van der Waals surface area (Å²) in [5.74, 6) is -0.170. The van der Waals surface area contributed by atoms with Crippen LogP contribution in [0.25, 0.3) is 11.0 Å². The number of aromatic nitrogens is 2. The number of nitrogen functional groups attached to an aromatic ring is 1. The van der Waals surface area contributed by atoms with E-state index in [4.69, 9.17) is 20.9 Å². The molecule has 14 heteroatoms. The lowest BCUT2D eigenvalue weighted by Gasteiger charge is -2.28. The van der Waals surface area contributed by atoms with Crippen LogP contribution in [-0.4, -0.2) is 79.9 Å². The number of nitrogens with one attached hydrogen (secondary N) is 2. The van der Waals surface area contributed by atoms with E-state index in [1.807, 2.05) is 55.8 Å². The van der Waals surface area contributed by atoms with Crippen molar-refractivity contribution >= 4 is 56.9 Å². The van der Waals surface area contributed by atoms with Crippen molar-refractivity contribution < 1.29 is 22.7 Å². The number of hydrogen-bond donors (Lipinski definition) is 3. The summed E-state index contributed by atoms with van der Waals surface area (Å²) in [4.78, 5) is 31.2. The van der Waals surface area contributed by atoms with Crippen molar-refractivity contribution in [2.75, 3.05) is 43.6 Å². The summed E-state index contributed by atoms with van der Waals surface area (Å²) in [6.07, 6.45) is 1.41. The van der Waals surface area contributed by atoms with Crippen LogP contribution in [0.1, 0.15) is 48.1 Å². The number of sulfonamides is 1. The van der Waals surface area contributed by atoms with E-state index in [1.165, 1.54) is 28.6 Å². The number of carbonyl (C=O) groups is 2. The van der Waals surface area contributed by atoms with Crippen molar-refractivity contribution in [1.29, 1.82) is 5.41 Å². The van der Waals surface area contributed by atoms with Crippen LogP contribution in [0.3, 0.4) is 0 Å². The molecule has 3 aromatic carbocycles. The molecule has 0 atom stereocenters. The molecule has 4 rings (SSSR count). The summed E-state index contributed by atoms with van der Waals surface area (Å²) in [6, 6.07) is 18.7. The van der Waals surface area contributed by atoms with E-state index >= 15 is 0 Å². The number of aryl methyl sites for hydroxylation is 3. The standard InChI is InChI=1S/C34H43N7O5S.ClH/c1-5-40(6-2)20-21-41(47(44,45)28-16-13-26(14-17-28)34(43)37-23-32(42)46-7-3)27-15-18-30-29(22-27)38-31(39(30)4)19-10-24-8-11-25(12-9-24)33(35)36;/h8-9,11-18,22H,5-7,10,19-21,23H2,1-4H3,(H3,35,36)(H,37,43);1H. The van der Waals surface area contributed by atoms with Gasteiger partial charge >= 0.3 is 5.97 Å². The van der Waals surface area contributed by atoms with E-state index in [9.17, 15) is 18.0 Å². The summed E-state index contributed by atoms with van der Waals surface area (Å²) in [6.45, 7) is 7.97. The number of esters is 1. The highest BCUT2D eigenvalue weighted by Gasteiger charge is 2.26. The number of imidazole rings is 1. The first-order valence-corrected chi connectivity index (χ1v) is 17.1. The quantitative estimate of drug-likeness (QED) is 0.0902. The van der Waals surface area contributed by atoms with E-state index < -0.39 is 21.9 Å². The summed E-state index contributed by atoms with van der Waals surface area (Å²) in [7, 11) is -2.08. The number of amides is 1. The number of carbonyl (C=O) groups excluding carboxylic acids is 2. The van der Waals surface area contributed by atoms with Crippen molar-refractivity contribution in [3.05, 3.63) is 89.2 Å². The highest BCUT2D eigenvalue weighted by atomic mass is 35.5. The zero-order chi connectivity index (χ0) is 34.1. The minimum atomic E-state index is -4.03. The van der Waals surface area contributed by atoms with Gasteiger partial charge < -0.3 is 25.3 Å². The maximum absolute atomic E-state index is 14.1. The number of ether oxygens (including phenoxy) is 1. The number of likely N-dealkylation sites (N-methyl/N-ethyl adjacent to an activating group) is 1. The van der Waals surface area contributed by atoms with Gasteiger partial charge in [0.25, 0.3) is 15.9 Å². The second kappa shape index (κ2) is 17.1. The Bertz CT molecular complexity index is 1820. The average molecular weight is 698 g/mol. The molecule has 0 radical (unpaired) electrons. The van der Waals surface area contributed by atoms with Crippen LogP contribution in [0.15, 0.2) is 71.6 Å². The fourth-order valence-corrected chi connectivity index (χ4v) is 6.70. The number of fused-ring (bicyclic) bond motifs is 1. The molecular formula is C34H44ClN7O5S. The van der Waals surface area contributed by atoms with Crippen LogP contribution < -0.4 is 15.4 Å². The van der Waals surface area contributed by atoms with E-state index in [0.29, 0.717) is 29.7 Å². The molecule has 0 bridgehead atoms. The molecule has 0 aliphatic heterocycles. The first kappa shape index (κ1) is 38.0. The predicted octanol–water partition coefficient (Wildman–Crippen LogP) is 3.89. The summed E-state index contributed by atoms with van der Waals surface area (Å²) < 4.78 is 36.5. The van der Waals surface area contributed by atoms with Crippen LogP contribution in [0.5, 0.6) is 0 Å². The number of hydrogen-bond acceptors (Lipinski definition) is 8. The van der Waals surface area contributed by atoms with E-state index in [0.717, 1.165) is 36.4 Å². The van der Waals surface area contributed by atoms with Crippen molar-refractivity contribution in [2.45, 2.75) is 38.5 Å². The molecule has 48 heavy (non-hydrogen) atoms. The van der Waals surface area contributed by atoms with Crippen LogP contribution in [0, 0.1) is 5.41 Å². The minimum Gasteiger partial charge on any atom is -0.465 e. The number of nitrogens with two attached hydrogens (primary N) is 1. The van der Waals surface area contributed by atoms with Gasteiger partial charge in [-0.05, 0) is 74.5 Å². The fourth-order valence-electron chi connectivity index (χ4n) is 5.26. The van der Waals surface area contributed by atoms with Gasteiger partial charge in [0.15, 0.2) is 0 Å². The predicted molar refractivity (Wildman–Crippen MR) is 191 cm³/mol. The molecule has 0 aliphatic carbocycles. The second-order valence-corrected chi connectivity index (χ2v) is 12.8. The molecule has 0 aliphatic rings. The third-order valence-electron chi connectivity index (χ3n) is 8.06. The Kier molecular flexibility index (Phi) is 13.5. The van der Waals surface area contributed by atoms with Crippen LogP contribution in [0.2, 0.25) is 0 Å². The first-order valence-electron chi connectivity index (χ1n) is 15.7. The number of anilines is 1. The van der Waals surface area contributed by atoms with Crippen molar-refractivity contribution in [1.82, 2.24) is 19.8 Å². The Balaban J connectivity index is 0.00000625. The minimum absolute atomic E-state index is 0. The lowest BCUT2D eigenvalue weighted by Crippen LogP contribution is -2.39. The zero-order valence-corrected chi connectivity index (χ0v) is 29.4. The smallest absolute Gasteiger partial charge is 0.325 e. The van der Waals surface area contributed by atoms with Gasteiger partial charge in [0, 0.05) is 37.7 Å². The summed E-state index contributed by atoms with van der Waals surface area (Å²) >= 11 is 0. The highest BCUT2D eigenvalue weighted by Crippen LogP contribution is 2.28. The van der Waals surface area contributed by atoms with E-state index in [1.54, 1.807) is 19.1 Å². The largest absolute Gasteiger partial charge is 0.465 e. The van der Waals surface area contributed by atoms with Crippen LogP contribution >= 0.6 is 12.4 Å². The van der Waals surface area contributed by atoms with Gasteiger partial charge in [-0.3, -0.25) is 19.3 Å². The number of halogens is 1. The van der Waals surface area contributed by atoms with Gasteiger partial charge in [-0.2, -0.15) is 0 Å². The van der Waals surface area contributed by atoms with Crippen molar-refractivity contribution in [3.8, 4) is 0 Å². The Morgan fingerprint density at radius 3 is 2.19 bits per heavy atom. The molecule has 0 saturated heterocycles. The Morgan fingerprint density at radius 1 is 0.938 bits per heavy atom. The molecule has 258 valence electrons. The number of rotatable bonds is 16. The zero-order valence-electron chi connectivity index (χ0n) is 27.7. The molecule has 0 fully saturated rings. The molecule has 1 amide bonds. The topological polar surface area (TPSA) is 164 Å². The van der Waals surface area contributed by atoms with E-state index in [-0.39, 0.29) is 48.4 Å². The maximum Gasteiger partial charge on any atom is 0.325 e. The molecule has 0 unspecified atom stereocenters. The molecule has 0 spiro atoms. The molecule has 1 aromatic heterocycles. The monoisotopic (exact) mass is 697 g/mol. The Hall–Kier alpha value is -4.46. The normalized spacial score (nSPS) is 11.3. The molecule has 4 aromatic rings. The number of benzene rings is 3. The third-order valence-corrected chi connectivity index (χ3v) is 9.91. The van der Waals surface area contributed by atoms with Crippen molar-refractivity contribution in [3.63, 3.8) is 0 Å². The van der Waals surface area contributed by atoms with Crippen LogP contribution in [-0.2, 0) is 39.4 Å². The average Bonchev–Trinajstić information content (AvgIpc) is 3.39. The molecule has 1 heterocycles. The Morgan fingerprint density at radius 2 is 1.58 bits per heavy atom. The van der Waals surface area contributed by atoms with Gasteiger partial charge in [0.2, 0.25) is 0 Å². The van der Waals surface area contributed by atoms with Gasteiger partial charge in [-0.25, -0.2) is 13.4 Å². The Labute approximate surface area is 288 Å². The lowest BCUT2D eigenvalue weighted by molar-refractivity contribution is -0.141. The summed E-state index contributed by atoms with van der Waals surface area (Å²) in [5.41, 5.74) is 9.63. The third kappa shape index (κ3) is 9.12. The van der Waals surface area contributed by atoms with Crippen molar-refractivity contribution in [2.24, 2.45) is 12.8 Å². The SMILES string of the molecule is CCOC(=O)CNC(=O)c1ccc(S(=O)(=O)N(CCN(CC)CC)c2ccc3c(c2)nc(CCc2ccc(C(=N)N)cc2)n3C)cc1.Cl. The van der Waals surface area contributed by atoms with E-state index in [2.05, 4.69) is 10.2 Å². The molecular weight excluding hydrogens is 654 g/mol. The molecule has 0 saturated carbocycles. The number of nitrogens with zero attached hydrogens (tertiary/aromatic N) is 4. The molecule has 12 nitrogen and oxygen atoms in total. The number of amidine groups is 1. The van der Waals surface area contributed by atoms with Gasteiger partial charge in [0.1, 0.15) is 18.2 Å².